The van der Waals surface area contributed by atoms with Gasteiger partial charge in [-0.1, -0.05) is 48.5 Å². The predicted molar refractivity (Wildman–Crippen MR) is 87.3 cm³/mol. The molecule has 0 aliphatic heterocycles. The highest BCUT2D eigenvalue weighted by Crippen LogP contribution is 2.30. The molecule has 0 aliphatic carbocycles. The van der Waals surface area contributed by atoms with Gasteiger partial charge in [-0.3, -0.25) is 0 Å². The largest absolute Gasteiger partial charge is 0.465 e. The first-order chi connectivity index (χ1) is 10.7. The highest BCUT2D eigenvalue weighted by atomic mass is 16.5. The van der Waals surface area contributed by atoms with Gasteiger partial charge in [-0.05, 0) is 24.6 Å². The molecule has 0 bridgehead atoms. The van der Waals surface area contributed by atoms with Crippen LogP contribution in [0.25, 0.3) is 16.8 Å². The van der Waals surface area contributed by atoms with E-state index in [-0.39, 0.29) is 5.97 Å². The number of hydrogen-bond acceptors (Lipinski definition) is 2. The van der Waals surface area contributed by atoms with Gasteiger partial charge in [0.05, 0.1) is 12.7 Å². The van der Waals surface area contributed by atoms with Gasteiger partial charge >= 0.3 is 5.97 Å². The van der Waals surface area contributed by atoms with E-state index in [2.05, 4.69) is 0 Å². The maximum absolute atomic E-state index is 12.2. The second-order valence-corrected chi connectivity index (χ2v) is 5.07. The van der Waals surface area contributed by atoms with Crippen molar-refractivity contribution in [1.82, 2.24) is 4.57 Å². The minimum absolute atomic E-state index is 0.314. The second kappa shape index (κ2) is 5.90. The van der Waals surface area contributed by atoms with Crippen molar-refractivity contribution in [2.75, 3.05) is 7.11 Å². The molecule has 3 rings (SSSR count). The van der Waals surface area contributed by atoms with Crippen LogP contribution in [0.1, 0.15) is 16.1 Å². The molecule has 1 aromatic heterocycles. The van der Waals surface area contributed by atoms with E-state index in [0.717, 1.165) is 22.5 Å². The summed E-state index contributed by atoms with van der Waals surface area (Å²) in [7, 11) is 1.41. The average molecular weight is 291 g/mol. The van der Waals surface area contributed by atoms with Crippen molar-refractivity contribution in [3.63, 3.8) is 0 Å². The molecule has 0 aliphatic rings. The van der Waals surface area contributed by atoms with Gasteiger partial charge in [-0.2, -0.15) is 0 Å². The maximum Gasteiger partial charge on any atom is 0.340 e. The topological polar surface area (TPSA) is 31.2 Å². The molecule has 0 amide bonds. The van der Waals surface area contributed by atoms with Crippen molar-refractivity contribution >= 4 is 5.97 Å². The number of aromatic nitrogens is 1. The molecule has 3 nitrogen and oxygen atoms in total. The smallest absolute Gasteiger partial charge is 0.340 e. The first-order valence-corrected chi connectivity index (χ1v) is 7.13. The minimum Gasteiger partial charge on any atom is -0.465 e. The summed E-state index contributed by atoms with van der Waals surface area (Å²) in [6.07, 6.45) is 1.99. The fraction of sp³-hybridized carbons (Fsp3) is 0.105. The van der Waals surface area contributed by atoms with E-state index >= 15 is 0 Å². The molecule has 0 radical (unpaired) electrons. The van der Waals surface area contributed by atoms with Crippen LogP contribution < -0.4 is 0 Å². The molecule has 0 unspecified atom stereocenters. The Morgan fingerprint density at radius 3 is 2.14 bits per heavy atom. The first-order valence-electron chi connectivity index (χ1n) is 7.13. The third kappa shape index (κ3) is 2.42. The lowest BCUT2D eigenvalue weighted by molar-refractivity contribution is 0.0601. The lowest BCUT2D eigenvalue weighted by Gasteiger charge is -2.06. The normalized spacial score (nSPS) is 10.5. The van der Waals surface area contributed by atoms with Crippen LogP contribution in [0.4, 0.5) is 0 Å². The summed E-state index contributed by atoms with van der Waals surface area (Å²) >= 11 is 0. The van der Waals surface area contributed by atoms with Crippen LogP contribution in [-0.2, 0) is 4.74 Å². The Bertz CT molecular complexity index is 789. The Labute approximate surface area is 129 Å². The molecule has 2 aromatic carbocycles. The molecule has 3 aromatic rings. The Balaban J connectivity index is 2.23. The Morgan fingerprint density at radius 2 is 1.55 bits per heavy atom. The van der Waals surface area contributed by atoms with Gasteiger partial charge in [-0.25, -0.2) is 4.79 Å². The quantitative estimate of drug-likeness (QED) is 0.676. The maximum atomic E-state index is 12.2. The van der Waals surface area contributed by atoms with Crippen LogP contribution in [0.3, 0.4) is 0 Å². The SMILES string of the molecule is COC(=O)c1c(-c2ccccc2)cn(-c2ccccc2)c1C. The number of hydrogen-bond donors (Lipinski definition) is 0. The van der Waals surface area contributed by atoms with Crippen LogP contribution in [0.5, 0.6) is 0 Å². The van der Waals surface area contributed by atoms with Crippen molar-refractivity contribution in [3.05, 3.63) is 78.1 Å². The first kappa shape index (κ1) is 14.1. The zero-order chi connectivity index (χ0) is 15.5. The fourth-order valence-electron chi connectivity index (χ4n) is 2.66. The van der Waals surface area contributed by atoms with Crippen molar-refractivity contribution < 1.29 is 9.53 Å². The minimum atomic E-state index is -0.314. The van der Waals surface area contributed by atoms with Gasteiger partial charge in [0, 0.05) is 23.1 Å². The van der Waals surface area contributed by atoms with Crippen LogP contribution in [0.2, 0.25) is 0 Å². The Kier molecular flexibility index (Phi) is 3.79. The highest BCUT2D eigenvalue weighted by Gasteiger charge is 2.21. The number of rotatable bonds is 3. The number of carbonyl (C=O) groups excluding carboxylic acids is 1. The van der Waals surface area contributed by atoms with Crippen molar-refractivity contribution in [2.45, 2.75) is 6.92 Å². The molecule has 0 saturated carbocycles. The summed E-state index contributed by atoms with van der Waals surface area (Å²) in [4.78, 5) is 12.2. The van der Waals surface area contributed by atoms with Crippen LogP contribution in [0, 0.1) is 6.92 Å². The molecule has 22 heavy (non-hydrogen) atoms. The standard InChI is InChI=1S/C19H17NO2/c1-14-18(19(21)22-2)17(15-9-5-3-6-10-15)13-20(14)16-11-7-4-8-12-16/h3-13H,1-2H3. The zero-order valence-corrected chi connectivity index (χ0v) is 12.6. The molecule has 1 heterocycles. The summed E-state index contributed by atoms with van der Waals surface area (Å²) in [6.45, 7) is 1.94. The third-order valence-corrected chi connectivity index (χ3v) is 3.76. The summed E-state index contributed by atoms with van der Waals surface area (Å²) in [5, 5.41) is 0. The van der Waals surface area contributed by atoms with E-state index < -0.39 is 0 Å². The van der Waals surface area contributed by atoms with Gasteiger partial charge < -0.3 is 9.30 Å². The Hall–Kier alpha value is -2.81. The van der Waals surface area contributed by atoms with Crippen molar-refractivity contribution in [3.8, 4) is 16.8 Å². The van der Waals surface area contributed by atoms with E-state index in [4.69, 9.17) is 4.74 Å². The molecule has 110 valence electrons. The average Bonchev–Trinajstić information content (AvgIpc) is 2.93. The molecule has 0 fully saturated rings. The summed E-state index contributed by atoms with van der Waals surface area (Å²) in [5.74, 6) is -0.314. The number of nitrogens with zero attached hydrogens (tertiary/aromatic N) is 1. The second-order valence-electron chi connectivity index (χ2n) is 5.07. The monoisotopic (exact) mass is 291 g/mol. The van der Waals surface area contributed by atoms with Gasteiger partial charge in [0.1, 0.15) is 0 Å². The Morgan fingerprint density at radius 1 is 0.955 bits per heavy atom. The van der Waals surface area contributed by atoms with Crippen molar-refractivity contribution in [1.29, 1.82) is 0 Å². The molecule has 3 heteroatoms. The van der Waals surface area contributed by atoms with Gasteiger partial charge in [0.15, 0.2) is 0 Å². The van der Waals surface area contributed by atoms with E-state index in [9.17, 15) is 4.79 Å². The molecular weight excluding hydrogens is 274 g/mol. The zero-order valence-electron chi connectivity index (χ0n) is 12.6. The lowest BCUT2D eigenvalue weighted by Crippen LogP contribution is -2.05. The summed E-state index contributed by atoms with van der Waals surface area (Å²) in [5.41, 5.74) is 4.39. The molecule has 0 spiro atoms. The van der Waals surface area contributed by atoms with E-state index in [1.165, 1.54) is 7.11 Å². The summed E-state index contributed by atoms with van der Waals surface area (Å²) in [6, 6.07) is 19.9. The number of benzene rings is 2. The van der Waals surface area contributed by atoms with Crippen LogP contribution >= 0.6 is 0 Å². The van der Waals surface area contributed by atoms with Gasteiger partial charge in [0.25, 0.3) is 0 Å². The van der Waals surface area contributed by atoms with Gasteiger partial charge in [-0.15, -0.1) is 0 Å². The number of para-hydroxylation sites is 1. The predicted octanol–water partition coefficient (Wildman–Crippen LogP) is 4.24. The molecule has 0 atom stereocenters. The molecule has 0 N–H and O–H groups in total. The van der Waals surface area contributed by atoms with E-state index in [1.807, 2.05) is 78.4 Å². The summed E-state index contributed by atoms with van der Waals surface area (Å²) < 4.78 is 7.00. The van der Waals surface area contributed by atoms with Gasteiger partial charge in [0.2, 0.25) is 0 Å². The third-order valence-electron chi connectivity index (χ3n) is 3.76. The number of carbonyl (C=O) groups is 1. The van der Waals surface area contributed by atoms with E-state index in [0.29, 0.717) is 5.56 Å². The molecule has 0 saturated heterocycles. The molecular formula is C19H17NO2. The van der Waals surface area contributed by atoms with Crippen LogP contribution in [0.15, 0.2) is 66.9 Å². The van der Waals surface area contributed by atoms with Crippen LogP contribution in [-0.4, -0.2) is 17.6 Å². The fourth-order valence-corrected chi connectivity index (χ4v) is 2.66. The number of methoxy groups -OCH3 is 1. The lowest BCUT2D eigenvalue weighted by atomic mass is 10.0. The number of ether oxygens (including phenoxy) is 1. The highest BCUT2D eigenvalue weighted by molar-refractivity contribution is 5.99. The number of esters is 1. The van der Waals surface area contributed by atoms with E-state index in [1.54, 1.807) is 0 Å². The van der Waals surface area contributed by atoms with Crippen molar-refractivity contribution in [2.24, 2.45) is 0 Å².